The summed E-state index contributed by atoms with van der Waals surface area (Å²) in [6, 6.07) is 16.5. The highest BCUT2D eigenvalue weighted by atomic mass is 16.5. The molecule has 0 spiro atoms. The zero-order valence-electron chi connectivity index (χ0n) is 20.3. The molecule has 0 N–H and O–H groups in total. The summed E-state index contributed by atoms with van der Waals surface area (Å²) in [5.41, 5.74) is 3.61. The Labute approximate surface area is 197 Å². The number of benzene rings is 2. The fraction of sp³-hybridized carbons (Fsp3) is 0.481. The summed E-state index contributed by atoms with van der Waals surface area (Å²) >= 11 is 0. The van der Waals surface area contributed by atoms with Crippen molar-refractivity contribution in [3.8, 4) is 6.01 Å². The Balaban J connectivity index is 1.47. The van der Waals surface area contributed by atoms with Crippen LogP contribution in [0.4, 0.5) is 11.5 Å². The summed E-state index contributed by atoms with van der Waals surface area (Å²) in [6.45, 7) is 7.91. The van der Waals surface area contributed by atoms with Gasteiger partial charge in [-0.25, -0.2) is 0 Å². The maximum absolute atomic E-state index is 6.20. The third-order valence-electron chi connectivity index (χ3n) is 7.32. The van der Waals surface area contributed by atoms with Crippen LogP contribution in [0.15, 0.2) is 42.5 Å². The Morgan fingerprint density at radius 2 is 1.91 bits per heavy atom. The van der Waals surface area contributed by atoms with Gasteiger partial charge in [-0.05, 0) is 58.2 Å². The third-order valence-corrected chi connectivity index (χ3v) is 7.32. The van der Waals surface area contributed by atoms with E-state index in [2.05, 4.69) is 85.1 Å². The van der Waals surface area contributed by atoms with Crippen LogP contribution in [0.5, 0.6) is 6.01 Å². The van der Waals surface area contributed by atoms with Gasteiger partial charge >= 0.3 is 6.01 Å². The Bertz CT molecular complexity index is 1130. The molecule has 2 aliphatic heterocycles. The molecule has 3 aromatic rings. The van der Waals surface area contributed by atoms with Crippen molar-refractivity contribution in [2.45, 2.75) is 51.7 Å². The predicted octanol–water partition coefficient (Wildman–Crippen LogP) is 4.51. The van der Waals surface area contributed by atoms with Crippen molar-refractivity contribution < 1.29 is 4.74 Å². The van der Waals surface area contributed by atoms with Crippen molar-refractivity contribution in [2.24, 2.45) is 0 Å². The smallest absolute Gasteiger partial charge is 0.318 e. The van der Waals surface area contributed by atoms with Gasteiger partial charge in [-0.3, -0.25) is 0 Å². The molecule has 33 heavy (non-hydrogen) atoms. The fourth-order valence-electron chi connectivity index (χ4n) is 5.04. The van der Waals surface area contributed by atoms with Gasteiger partial charge in [0.15, 0.2) is 0 Å². The van der Waals surface area contributed by atoms with Gasteiger partial charge in [-0.2, -0.15) is 9.97 Å². The van der Waals surface area contributed by atoms with Crippen LogP contribution in [-0.4, -0.2) is 60.7 Å². The van der Waals surface area contributed by atoms with Crippen LogP contribution in [0.1, 0.15) is 37.9 Å². The number of hydrogen-bond donors (Lipinski definition) is 0. The quantitative estimate of drug-likeness (QED) is 0.556. The van der Waals surface area contributed by atoms with E-state index in [9.17, 15) is 0 Å². The first kappa shape index (κ1) is 22.0. The molecule has 6 nitrogen and oxygen atoms in total. The number of aromatic nitrogens is 2. The van der Waals surface area contributed by atoms with Gasteiger partial charge in [-0.15, -0.1) is 0 Å². The molecule has 2 aromatic carbocycles. The first-order chi connectivity index (χ1) is 16.0. The molecule has 2 aliphatic rings. The maximum Gasteiger partial charge on any atom is 0.318 e. The largest absolute Gasteiger partial charge is 0.462 e. The number of nitrogens with zero attached hydrogens (tertiary/aromatic N) is 5. The maximum atomic E-state index is 6.20. The van der Waals surface area contributed by atoms with E-state index < -0.39 is 0 Å². The average Bonchev–Trinajstić information content (AvgIpc) is 3.25. The molecule has 0 aliphatic carbocycles. The average molecular weight is 446 g/mol. The number of anilines is 2. The molecule has 0 bridgehead atoms. The lowest BCUT2D eigenvalue weighted by Crippen LogP contribution is -2.35. The Hall–Kier alpha value is -2.86. The lowest BCUT2D eigenvalue weighted by atomic mass is 10.0. The van der Waals surface area contributed by atoms with E-state index >= 15 is 0 Å². The number of likely N-dealkylation sites (tertiary alicyclic amines) is 1. The van der Waals surface area contributed by atoms with E-state index in [1.54, 1.807) is 0 Å². The first-order valence-electron chi connectivity index (χ1n) is 12.2. The van der Waals surface area contributed by atoms with Crippen molar-refractivity contribution in [3.05, 3.63) is 53.7 Å². The van der Waals surface area contributed by atoms with Gasteiger partial charge in [0.05, 0.1) is 12.2 Å². The van der Waals surface area contributed by atoms with Gasteiger partial charge in [-0.1, -0.05) is 36.4 Å². The highest BCUT2D eigenvalue weighted by Gasteiger charge is 2.27. The fourth-order valence-corrected chi connectivity index (χ4v) is 5.04. The standard InChI is InChI=1S/C27H35N5O/c1-19(2)31(4)26-23-14-16-32(25-13-7-10-20-9-5-6-12-22(20)25)17-24(23)28-27(29-26)33-18-21-11-8-15-30(21)3/h5-7,9-10,12-13,19,21H,8,11,14-18H2,1-4H3/t21-/m1/s1. The highest BCUT2D eigenvalue weighted by molar-refractivity contribution is 5.94. The van der Waals surface area contributed by atoms with E-state index in [1.807, 2.05) is 0 Å². The second-order valence-corrected chi connectivity index (χ2v) is 9.72. The Morgan fingerprint density at radius 1 is 1.09 bits per heavy atom. The molecule has 1 fully saturated rings. The highest BCUT2D eigenvalue weighted by Crippen LogP contribution is 2.34. The summed E-state index contributed by atoms with van der Waals surface area (Å²) in [5, 5.41) is 2.56. The normalized spacial score (nSPS) is 18.7. The Morgan fingerprint density at radius 3 is 2.70 bits per heavy atom. The second-order valence-electron chi connectivity index (χ2n) is 9.72. The van der Waals surface area contributed by atoms with E-state index in [4.69, 9.17) is 14.7 Å². The van der Waals surface area contributed by atoms with Crippen LogP contribution >= 0.6 is 0 Å². The zero-order chi connectivity index (χ0) is 22.9. The molecule has 0 amide bonds. The van der Waals surface area contributed by atoms with E-state index in [0.717, 1.165) is 37.6 Å². The minimum atomic E-state index is 0.355. The van der Waals surface area contributed by atoms with E-state index in [1.165, 1.54) is 34.9 Å². The van der Waals surface area contributed by atoms with Crippen molar-refractivity contribution >= 4 is 22.3 Å². The molecule has 3 heterocycles. The van der Waals surface area contributed by atoms with Crippen LogP contribution in [0.25, 0.3) is 10.8 Å². The van der Waals surface area contributed by atoms with Gasteiger partial charge in [0.2, 0.25) is 0 Å². The zero-order valence-corrected chi connectivity index (χ0v) is 20.3. The van der Waals surface area contributed by atoms with Crippen molar-refractivity contribution in [2.75, 3.05) is 43.6 Å². The molecule has 5 rings (SSSR count). The summed E-state index contributed by atoms with van der Waals surface area (Å²) in [5.74, 6) is 1.02. The lowest BCUT2D eigenvalue weighted by Gasteiger charge is -2.34. The summed E-state index contributed by atoms with van der Waals surface area (Å²) in [7, 11) is 4.30. The second kappa shape index (κ2) is 9.18. The van der Waals surface area contributed by atoms with Crippen molar-refractivity contribution in [3.63, 3.8) is 0 Å². The number of likely N-dealkylation sites (N-methyl/N-ethyl adjacent to an activating group) is 1. The lowest BCUT2D eigenvalue weighted by molar-refractivity contribution is 0.187. The predicted molar refractivity (Wildman–Crippen MR) is 135 cm³/mol. The number of ether oxygens (including phenoxy) is 1. The van der Waals surface area contributed by atoms with Crippen LogP contribution in [0, 0.1) is 0 Å². The molecule has 1 atom stereocenters. The van der Waals surface area contributed by atoms with Gasteiger partial charge < -0.3 is 19.4 Å². The molecule has 0 saturated carbocycles. The van der Waals surface area contributed by atoms with Crippen LogP contribution in [0.3, 0.4) is 0 Å². The molecule has 174 valence electrons. The molecule has 1 saturated heterocycles. The monoisotopic (exact) mass is 445 g/mol. The topological polar surface area (TPSA) is 44.7 Å². The number of rotatable bonds is 6. The van der Waals surface area contributed by atoms with Crippen molar-refractivity contribution in [1.82, 2.24) is 14.9 Å². The molecule has 0 unspecified atom stereocenters. The SMILES string of the molecule is CC(C)N(C)c1nc(OC[C@H]2CCCN2C)nc2c1CCN(c1cccc3ccccc13)C2. The number of fused-ring (bicyclic) bond motifs is 2. The first-order valence-corrected chi connectivity index (χ1v) is 12.2. The third kappa shape index (κ3) is 4.36. The minimum Gasteiger partial charge on any atom is -0.462 e. The molecular formula is C27H35N5O. The van der Waals surface area contributed by atoms with E-state index in [-0.39, 0.29) is 0 Å². The molecule has 1 aromatic heterocycles. The van der Waals surface area contributed by atoms with Gasteiger partial charge in [0, 0.05) is 42.3 Å². The minimum absolute atomic E-state index is 0.355. The van der Waals surface area contributed by atoms with Crippen LogP contribution in [-0.2, 0) is 13.0 Å². The Kier molecular flexibility index (Phi) is 6.11. The molecule has 0 radical (unpaired) electrons. The van der Waals surface area contributed by atoms with Gasteiger partial charge in [0.1, 0.15) is 12.4 Å². The summed E-state index contributed by atoms with van der Waals surface area (Å²) in [4.78, 5) is 16.9. The van der Waals surface area contributed by atoms with Crippen molar-refractivity contribution in [1.29, 1.82) is 0 Å². The van der Waals surface area contributed by atoms with Crippen LogP contribution < -0.4 is 14.5 Å². The van der Waals surface area contributed by atoms with E-state index in [0.29, 0.717) is 24.7 Å². The number of hydrogen-bond acceptors (Lipinski definition) is 6. The summed E-state index contributed by atoms with van der Waals surface area (Å²) < 4.78 is 6.20. The van der Waals surface area contributed by atoms with Gasteiger partial charge in [0.25, 0.3) is 0 Å². The molecule has 6 heteroatoms. The van der Waals surface area contributed by atoms with Crippen LogP contribution in [0.2, 0.25) is 0 Å². The summed E-state index contributed by atoms with van der Waals surface area (Å²) in [6.07, 6.45) is 3.34. The molecular weight excluding hydrogens is 410 g/mol.